The van der Waals surface area contributed by atoms with Crippen molar-refractivity contribution in [2.45, 2.75) is 37.7 Å². The number of hydrogen-bond donors (Lipinski definition) is 1. The van der Waals surface area contributed by atoms with E-state index in [1.54, 1.807) is 0 Å². The second-order valence-electron chi connectivity index (χ2n) is 5.86. The smallest absolute Gasteiger partial charge is 0.391 e. The molecule has 0 aliphatic carbocycles. The van der Waals surface area contributed by atoms with Crippen LogP contribution in [0.15, 0.2) is 12.1 Å². The summed E-state index contributed by atoms with van der Waals surface area (Å²) in [6, 6.07) is 0.0910. The van der Waals surface area contributed by atoms with Crippen LogP contribution in [0.5, 0.6) is 0 Å². The van der Waals surface area contributed by atoms with Crippen LogP contribution in [-0.2, 0) is 0 Å². The molecule has 0 radical (unpaired) electrons. The predicted molar refractivity (Wildman–Crippen MR) is 79.7 cm³/mol. The van der Waals surface area contributed by atoms with Crippen LogP contribution in [0.4, 0.5) is 23.7 Å². The number of urea groups is 1. The highest BCUT2D eigenvalue weighted by molar-refractivity contribution is 6.33. The fraction of sp³-hybridized carbons (Fsp3) is 0.467. The van der Waals surface area contributed by atoms with E-state index in [1.165, 1.54) is 19.1 Å². The third-order valence-corrected chi connectivity index (χ3v) is 5.03. The summed E-state index contributed by atoms with van der Waals surface area (Å²) in [5, 5.41) is 18.9. The van der Waals surface area contributed by atoms with E-state index in [4.69, 9.17) is 16.9 Å². The van der Waals surface area contributed by atoms with Gasteiger partial charge in [-0.05, 0) is 31.0 Å². The number of nitriles is 1. The van der Waals surface area contributed by atoms with E-state index >= 15 is 0 Å². The minimum absolute atomic E-state index is 0.00655. The molecule has 2 aliphatic rings. The maximum Gasteiger partial charge on any atom is 0.411 e. The van der Waals surface area contributed by atoms with Gasteiger partial charge in [0.05, 0.1) is 28.4 Å². The molecule has 2 fully saturated rings. The van der Waals surface area contributed by atoms with Gasteiger partial charge in [0, 0.05) is 6.54 Å². The lowest BCUT2D eigenvalue weighted by Crippen LogP contribution is -2.51. The average Bonchev–Trinajstić information content (AvgIpc) is 3.01. The molecular formula is C15H13ClF3N3O2. The molecule has 1 aromatic carbocycles. The number of alkyl halides is 3. The molecule has 24 heavy (non-hydrogen) atoms. The molecule has 1 unspecified atom stereocenters. The van der Waals surface area contributed by atoms with E-state index < -0.39 is 30.4 Å². The summed E-state index contributed by atoms with van der Waals surface area (Å²) < 4.78 is 40.9. The number of aliphatic hydroxyl groups is 1. The number of aliphatic hydroxyl groups excluding tert-OH is 1. The number of carbonyl (C=O) groups excluding carboxylic acids is 1. The largest absolute Gasteiger partial charge is 0.411 e. The molecule has 9 heteroatoms. The standard InChI is InChI=1S/C15H13ClF3N3O2/c1-7-9(3-2-8(6-20)11(7)16)22-13(15(17,18)19)12-10(23)4-5-21(12)14(22)24/h2-3,10,12-13,23H,4-5H2,1H3/t10?,12-,13+/m0/s1. The fourth-order valence-corrected chi connectivity index (χ4v) is 3.63. The number of anilines is 1. The summed E-state index contributed by atoms with van der Waals surface area (Å²) in [6.07, 6.45) is -5.84. The topological polar surface area (TPSA) is 67.6 Å². The maximum atomic E-state index is 13.6. The van der Waals surface area contributed by atoms with E-state index in [9.17, 15) is 23.1 Å². The van der Waals surface area contributed by atoms with E-state index in [-0.39, 0.29) is 34.8 Å². The Morgan fingerprint density at radius 3 is 2.67 bits per heavy atom. The molecule has 3 rings (SSSR count). The van der Waals surface area contributed by atoms with E-state index in [0.29, 0.717) is 4.90 Å². The first kappa shape index (κ1) is 16.9. The van der Waals surface area contributed by atoms with Gasteiger partial charge in [0.2, 0.25) is 0 Å². The Morgan fingerprint density at radius 1 is 1.42 bits per heavy atom. The third kappa shape index (κ3) is 2.31. The third-order valence-electron chi connectivity index (χ3n) is 4.55. The molecule has 128 valence electrons. The highest BCUT2D eigenvalue weighted by atomic mass is 35.5. The van der Waals surface area contributed by atoms with Crippen LogP contribution in [0, 0.1) is 18.3 Å². The van der Waals surface area contributed by atoms with Gasteiger partial charge in [-0.25, -0.2) is 4.79 Å². The highest BCUT2D eigenvalue weighted by Crippen LogP contribution is 2.44. The van der Waals surface area contributed by atoms with Crippen molar-refractivity contribution in [2.24, 2.45) is 0 Å². The van der Waals surface area contributed by atoms with E-state index in [2.05, 4.69) is 0 Å². The number of fused-ring (bicyclic) bond motifs is 1. The summed E-state index contributed by atoms with van der Waals surface area (Å²) in [5.41, 5.74) is 0.329. The van der Waals surface area contributed by atoms with Crippen LogP contribution in [-0.4, -0.2) is 46.9 Å². The van der Waals surface area contributed by atoms with E-state index in [0.717, 1.165) is 4.90 Å². The van der Waals surface area contributed by atoms with Crippen molar-refractivity contribution >= 4 is 23.3 Å². The molecular weight excluding hydrogens is 347 g/mol. The molecule has 0 aromatic heterocycles. The zero-order valence-electron chi connectivity index (χ0n) is 12.5. The Kier molecular flexibility index (Phi) is 3.89. The van der Waals surface area contributed by atoms with Gasteiger partial charge in [-0.1, -0.05) is 11.6 Å². The van der Waals surface area contributed by atoms with Crippen molar-refractivity contribution in [1.29, 1.82) is 5.26 Å². The average molecular weight is 360 g/mol. The molecule has 2 heterocycles. The molecule has 2 amide bonds. The molecule has 1 aromatic rings. The first-order valence-electron chi connectivity index (χ1n) is 7.22. The Morgan fingerprint density at radius 2 is 2.08 bits per heavy atom. The van der Waals surface area contributed by atoms with Crippen LogP contribution >= 0.6 is 11.6 Å². The number of benzene rings is 1. The Labute approximate surface area is 140 Å². The van der Waals surface area contributed by atoms with Gasteiger partial charge in [-0.15, -0.1) is 0 Å². The summed E-state index contributed by atoms with van der Waals surface area (Å²) in [7, 11) is 0. The minimum atomic E-state index is -4.72. The molecule has 2 saturated heterocycles. The van der Waals surface area contributed by atoms with Gasteiger partial charge in [-0.2, -0.15) is 18.4 Å². The predicted octanol–water partition coefficient (Wildman–Crippen LogP) is 2.83. The van der Waals surface area contributed by atoms with Crippen molar-refractivity contribution in [1.82, 2.24) is 4.90 Å². The second kappa shape index (κ2) is 5.53. The number of nitrogens with zero attached hydrogens (tertiary/aromatic N) is 3. The SMILES string of the molecule is Cc1c(N2C(=O)N3CCC(O)[C@H]3[C@@H]2C(F)(F)F)ccc(C#N)c1Cl. The number of rotatable bonds is 1. The normalized spacial score (nSPS) is 26.7. The van der Waals surface area contributed by atoms with Crippen molar-refractivity contribution in [3.8, 4) is 6.07 Å². The number of halogens is 4. The lowest BCUT2D eigenvalue weighted by molar-refractivity contribution is -0.156. The first-order chi connectivity index (χ1) is 11.2. The zero-order valence-corrected chi connectivity index (χ0v) is 13.3. The van der Waals surface area contributed by atoms with Gasteiger partial charge in [-0.3, -0.25) is 4.90 Å². The first-order valence-corrected chi connectivity index (χ1v) is 7.60. The van der Waals surface area contributed by atoms with Crippen LogP contribution < -0.4 is 4.90 Å². The summed E-state index contributed by atoms with van der Waals surface area (Å²) in [6.45, 7) is 1.52. The van der Waals surface area contributed by atoms with Gasteiger partial charge >= 0.3 is 12.2 Å². The highest BCUT2D eigenvalue weighted by Gasteiger charge is 2.62. The van der Waals surface area contributed by atoms with Gasteiger partial charge in [0.15, 0.2) is 6.04 Å². The lowest BCUT2D eigenvalue weighted by Gasteiger charge is -2.30. The quantitative estimate of drug-likeness (QED) is 0.838. The van der Waals surface area contributed by atoms with Crippen LogP contribution in [0.1, 0.15) is 17.5 Å². The summed E-state index contributed by atoms with van der Waals surface area (Å²) in [4.78, 5) is 14.2. The molecule has 5 nitrogen and oxygen atoms in total. The Bertz CT molecular complexity index is 747. The van der Waals surface area contributed by atoms with Gasteiger partial charge in [0.25, 0.3) is 0 Å². The van der Waals surface area contributed by atoms with Crippen molar-refractivity contribution in [3.05, 3.63) is 28.3 Å². The second-order valence-corrected chi connectivity index (χ2v) is 6.24. The fourth-order valence-electron chi connectivity index (χ4n) is 3.43. The molecule has 2 aliphatic heterocycles. The molecule has 0 spiro atoms. The molecule has 0 saturated carbocycles. The van der Waals surface area contributed by atoms with Gasteiger partial charge < -0.3 is 10.0 Å². The molecule has 0 bridgehead atoms. The van der Waals surface area contributed by atoms with Crippen LogP contribution in [0.2, 0.25) is 5.02 Å². The van der Waals surface area contributed by atoms with Crippen LogP contribution in [0.25, 0.3) is 0 Å². The Balaban J connectivity index is 2.14. The zero-order chi connectivity index (χ0) is 17.8. The molecule has 1 N–H and O–H groups in total. The van der Waals surface area contributed by atoms with Crippen LogP contribution in [0.3, 0.4) is 0 Å². The van der Waals surface area contributed by atoms with Crippen molar-refractivity contribution < 1.29 is 23.1 Å². The molecule has 3 atom stereocenters. The monoisotopic (exact) mass is 359 g/mol. The van der Waals surface area contributed by atoms with Crippen molar-refractivity contribution in [3.63, 3.8) is 0 Å². The lowest BCUT2D eigenvalue weighted by atomic mass is 10.0. The number of amides is 2. The number of carbonyl (C=O) groups is 1. The minimum Gasteiger partial charge on any atom is -0.391 e. The van der Waals surface area contributed by atoms with Gasteiger partial charge in [0.1, 0.15) is 6.07 Å². The maximum absolute atomic E-state index is 13.6. The number of hydrogen-bond acceptors (Lipinski definition) is 3. The van der Waals surface area contributed by atoms with Crippen molar-refractivity contribution in [2.75, 3.05) is 11.4 Å². The summed E-state index contributed by atoms with van der Waals surface area (Å²) >= 11 is 6.03. The summed E-state index contributed by atoms with van der Waals surface area (Å²) in [5.74, 6) is 0. The Hall–Kier alpha value is -1.98. The van der Waals surface area contributed by atoms with E-state index in [1.807, 2.05) is 6.07 Å².